The van der Waals surface area contributed by atoms with Gasteiger partial charge >= 0.3 is 0 Å². The predicted molar refractivity (Wildman–Crippen MR) is 55.0 cm³/mol. The minimum Gasteiger partial charge on any atom is -0.376 e. The maximum absolute atomic E-state index is 3.81. The van der Waals surface area contributed by atoms with Gasteiger partial charge in [0.15, 0.2) is 0 Å². The number of rotatable bonds is 7. The Bertz CT molecular complexity index is 115. The van der Waals surface area contributed by atoms with Crippen LogP contribution in [0, 0.1) is 0 Å². The van der Waals surface area contributed by atoms with E-state index >= 15 is 0 Å². The Morgan fingerprint density at radius 1 is 1.25 bits per heavy atom. The zero-order chi connectivity index (χ0) is 9.40. The lowest BCUT2D eigenvalue weighted by Crippen LogP contribution is -2.34. The van der Waals surface area contributed by atoms with Gasteiger partial charge in [-0.05, 0) is 32.9 Å². The molecule has 0 radical (unpaired) electrons. The molecule has 0 aliphatic carbocycles. The molecule has 0 saturated heterocycles. The maximum Gasteiger partial charge on any atom is 0.0675 e. The molecule has 0 aliphatic heterocycles. The highest BCUT2D eigenvalue weighted by atomic mass is 15.2. The minimum absolute atomic E-state index is 0.941. The topological polar surface area (TPSA) is 15.3 Å². The van der Waals surface area contributed by atoms with Crippen LogP contribution in [-0.4, -0.2) is 24.7 Å². The van der Waals surface area contributed by atoms with Gasteiger partial charge in [-0.2, -0.15) is 0 Å². The van der Waals surface area contributed by atoms with Gasteiger partial charge in [-0.25, -0.2) is 0 Å². The lowest BCUT2D eigenvalue weighted by molar-refractivity contribution is 0.263. The third-order valence-electron chi connectivity index (χ3n) is 1.68. The summed E-state index contributed by atoms with van der Waals surface area (Å²) in [6, 6.07) is 0. The Morgan fingerprint density at radius 3 is 2.08 bits per heavy atom. The van der Waals surface area contributed by atoms with Crippen LogP contribution in [0.5, 0.6) is 0 Å². The van der Waals surface area contributed by atoms with Crippen molar-refractivity contribution in [1.82, 2.24) is 10.2 Å². The lowest BCUT2D eigenvalue weighted by atomic mass is 10.4. The first kappa shape index (κ1) is 11.5. The molecule has 0 aromatic rings. The van der Waals surface area contributed by atoms with Gasteiger partial charge in [0.05, 0.1) is 6.67 Å². The van der Waals surface area contributed by atoms with Crippen molar-refractivity contribution in [2.24, 2.45) is 0 Å². The van der Waals surface area contributed by atoms with Crippen LogP contribution < -0.4 is 5.32 Å². The van der Waals surface area contributed by atoms with E-state index in [4.69, 9.17) is 0 Å². The first-order valence-corrected chi connectivity index (χ1v) is 4.82. The monoisotopic (exact) mass is 170 g/mol. The molecule has 0 atom stereocenters. The van der Waals surface area contributed by atoms with Crippen molar-refractivity contribution in [2.45, 2.75) is 33.6 Å². The molecular formula is C10H22N2. The molecule has 1 N–H and O–H groups in total. The largest absolute Gasteiger partial charge is 0.376 e. The Morgan fingerprint density at radius 2 is 1.75 bits per heavy atom. The molecule has 2 heteroatoms. The molecule has 0 amide bonds. The molecule has 0 aliphatic rings. The fourth-order valence-corrected chi connectivity index (χ4v) is 1.15. The van der Waals surface area contributed by atoms with Crippen molar-refractivity contribution in [3.8, 4) is 0 Å². The quantitative estimate of drug-likeness (QED) is 0.589. The first-order chi connectivity index (χ1) is 5.70. The molecule has 0 spiro atoms. The molecule has 0 fully saturated rings. The molecular weight excluding hydrogens is 148 g/mol. The minimum atomic E-state index is 0.941. The highest BCUT2D eigenvalue weighted by molar-refractivity contribution is 4.83. The van der Waals surface area contributed by atoms with Gasteiger partial charge in [-0.1, -0.05) is 20.4 Å². The average Bonchev–Trinajstić information content (AvgIpc) is 2.01. The van der Waals surface area contributed by atoms with Crippen molar-refractivity contribution >= 4 is 0 Å². The third kappa shape index (κ3) is 6.23. The summed E-state index contributed by atoms with van der Waals surface area (Å²) in [6.07, 6.45) is 2.44. The maximum atomic E-state index is 3.81. The lowest BCUT2D eigenvalue weighted by Gasteiger charge is -2.21. The fraction of sp³-hybridized carbons (Fsp3) is 0.800. The van der Waals surface area contributed by atoms with Crippen molar-refractivity contribution in [2.75, 3.05) is 19.8 Å². The van der Waals surface area contributed by atoms with Crippen molar-refractivity contribution < 1.29 is 0 Å². The molecule has 0 aromatic carbocycles. The van der Waals surface area contributed by atoms with E-state index in [-0.39, 0.29) is 0 Å². The standard InChI is InChI=1S/C10H22N2/c1-5-7-12(8-6-2)9-11-10(3)4/h11H,3,5-9H2,1-2,4H3. The van der Waals surface area contributed by atoms with Gasteiger partial charge < -0.3 is 5.32 Å². The van der Waals surface area contributed by atoms with Crippen molar-refractivity contribution in [3.63, 3.8) is 0 Å². The summed E-state index contributed by atoms with van der Waals surface area (Å²) < 4.78 is 0. The molecule has 0 rings (SSSR count). The second-order valence-corrected chi connectivity index (χ2v) is 3.23. The molecule has 0 unspecified atom stereocenters. The van der Waals surface area contributed by atoms with E-state index in [1.807, 2.05) is 6.92 Å². The summed E-state index contributed by atoms with van der Waals surface area (Å²) in [4.78, 5) is 2.41. The van der Waals surface area contributed by atoms with E-state index < -0.39 is 0 Å². The van der Waals surface area contributed by atoms with Crippen LogP contribution in [0.2, 0.25) is 0 Å². The van der Waals surface area contributed by atoms with Gasteiger partial charge in [0.1, 0.15) is 0 Å². The van der Waals surface area contributed by atoms with E-state index in [1.54, 1.807) is 0 Å². The number of hydrogen-bond donors (Lipinski definition) is 1. The SMILES string of the molecule is C=C(C)NCN(CCC)CCC. The molecule has 0 aromatic heterocycles. The Kier molecular flexibility index (Phi) is 6.87. The van der Waals surface area contributed by atoms with Crippen LogP contribution in [-0.2, 0) is 0 Å². The summed E-state index contributed by atoms with van der Waals surface area (Å²) in [5.41, 5.74) is 1.05. The van der Waals surface area contributed by atoms with Crippen molar-refractivity contribution in [1.29, 1.82) is 0 Å². The molecule has 0 bridgehead atoms. The van der Waals surface area contributed by atoms with Gasteiger partial charge in [-0.15, -0.1) is 0 Å². The van der Waals surface area contributed by atoms with Crippen LogP contribution in [0.25, 0.3) is 0 Å². The second-order valence-electron chi connectivity index (χ2n) is 3.23. The van der Waals surface area contributed by atoms with Gasteiger partial charge in [0, 0.05) is 5.70 Å². The molecule has 0 saturated carbocycles. The van der Waals surface area contributed by atoms with Crippen LogP contribution in [0.3, 0.4) is 0 Å². The predicted octanol–water partition coefficient (Wildman–Crippen LogP) is 2.19. The van der Waals surface area contributed by atoms with E-state index in [9.17, 15) is 0 Å². The summed E-state index contributed by atoms with van der Waals surface area (Å²) in [5.74, 6) is 0. The average molecular weight is 170 g/mol. The van der Waals surface area contributed by atoms with E-state index in [0.717, 1.165) is 12.4 Å². The highest BCUT2D eigenvalue weighted by Crippen LogP contribution is 1.92. The summed E-state index contributed by atoms with van der Waals surface area (Å²) in [7, 11) is 0. The zero-order valence-corrected chi connectivity index (χ0v) is 8.69. The second kappa shape index (κ2) is 7.17. The normalized spacial score (nSPS) is 10.3. The fourth-order valence-electron chi connectivity index (χ4n) is 1.15. The van der Waals surface area contributed by atoms with E-state index in [0.29, 0.717) is 0 Å². The number of nitrogens with one attached hydrogen (secondary N) is 1. The first-order valence-electron chi connectivity index (χ1n) is 4.82. The number of nitrogens with zero attached hydrogens (tertiary/aromatic N) is 1. The highest BCUT2D eigenvalue weighted by Gasteiger charge is 1.99. The summed E-state index contributed by atoms with van der Waals surface area (Å²) in [5, 5.41) is 3.25. The third-order valence-corrected chi connectivity index (χ3v) is 1.68. The zero-order valence-electron chi connectivity index (χ0n) is 8.69. The summed E-state index contributed by atoms with van der Waals surface area (Å²) in [6.45, 7) is 13.5. The van der Waals surface area contributed by atoms with Gasteiger partial charge in [0.2, 0.25) is 0 Å². The van der Waals surface area contributed by atoms with E-state index in [2.05, 4.69) is 30.6 Å². The Hall–Kier alpha value is -0.500. The molecule has 72 valence electrons. The molecule has 2 nitrogen and oxygen atoms in total. The van der Waals surface area contributed by atoms with E-state index in [1.165, 1.54) is 25.9 Å². The summed E-state index contributed by atoms with van der Waals surface area (Å²) >= 11 is 0. The van der Waals surface area contributed by atoms with Crippen LogP contribution >= 0.6 is 0 Å². The van der Waals surface area contributed by atoms with Crippen LogP contribution in [0.15, 0.2) is 12.3 Å². The number of hydrogen-bond acceptors (Lipinski definition) is 2. The van der Waals surface area contributed by atoms with Crippen LogP contribution in [0.4, 0.5) is 0 Å². The van der Waals surface area contributed by atoms with Gasteiger partial charge in [0.25, 0.3) is 0 Å². The van der Waals surface area contributed by atoms with Crippen LogP contribution in [0.1, 0.15) is 33.6 Å². The van der Waals surface area contributed by atoms with Gasteiger partial charge in [-0.3, -0.25) is 4.90 Å². The number of allylic oxidation sites excluding steroid dienone is 1. The Balaban J connectivity index is 3.54. The smallest absolute Gasteiger partial charge is 0.0675 e. The Labute approximate surface area is 76.6 Å². The van der Waals surface area contributed by atoms with Crippen molar-refractivity contribution in [3.05, 3.63) is 12.3 Å². The molecule has 0 heterocycles. The molecule has 12 heavy (non-hydrogen) atoms.